The van der Waals surface area contributed by atoms with Crippen LogP contribution in [0.15, 0.2) is 54.7 Å². The van der Waals surface area contributed by atoms with Gasteiger partial charge in [0.1, 0.15) is 6.10 Å². The highest BCUT2D eigenvalue weighted by Crippen LogP contribution is 2.34. The summed E-state index contributed by atoms with van der Waals surface area (Å²) in [7, 11) is 2.10. The van der Waals surface area contributed by atoms with Crippen molar-refractivity contribution in [3.05, 3.63) is 77.5 Å². The summed E-state index contributed by atoms with van der Waals surface area (Å²) >= 11 is 0. The number of carbonyl (C=O) groups is 1. The van der Waals surface area contributed by atoms with Crippen LogP contribution in [0.2, 0.25) is 0 Å². The monoisotopic (exact) mass is 588 g/mol. The Hall–Kier alpha value is -3.86. The molecule has 0 unspecified atom stereocenters. The van der Waals surface area contributed by atoms with Gasteiger partial charge >= 0.3 is 0 Å². The van der Waals surface area contributed by atoms with Crippen LogP contribution >= 0.6 is 0 Å². The van der Waals surface area contributed by atoms with Crippen molar-refractivity contribution in [2.75, 3.05) is 50.5 Å². The Labute approximate surface area is 251 Å². The summed E-state index contributed by atoms with van der Waals surface area (Å²) < 4.78 is 36.1. The molecular formula is C33H38F2N6O2. The third-order valence-corrected chi connectivity index (χ3v) is 8.39. The first-order valence-electron chi connectivity index (χ1n) is 15.1. The number of nitrogens with zero attached hydrogens (tertiary/aromatic N) is 3. The van der Waals surface area contributed by atoms with Gasteiger partial charge in [-0.3, -0.25) is 9.69 Å². The summed E-state index contributed by atoms with van der Waals surface area (Å²) in [5, 5.41) is 2.97. The molecule has 8 nitrogen and oxygen atoms in total. The van der Waals surface area contributed by atoms with E-state index in [0.717, 1.165) is 57.4 Å². The fourth-order valence-corrected chi connectivity index (χ4v) is 6.01. The first-order chi connectivity index (χ1) is 20.9. The molecule has 1 aromatic heterocycles. The molecule has 3 N–H and O–H groups in total. The predicted molar refractivity (Wildman–Crippen MR) is 165 cm³/mol. The van der Waals surface area contributed by atoms with Crippen LogP contribution in [0.5, 0.6) is 5.88 Å². The van der Waals surface area contributed by atoms with E-state index in [0.29, 0.717) is 47.0 Å². The van der Waals surface area contributed by atoms with Gasteiger partial charge in [-0.1, -0.05) is 18.6 Å². The minimum absolute atomic E-state index is 0.0882. The normalized spacial score (nSPS) is 18.3. The molecule has 2 aromatic carbocycles. The average molecular weight is 589 g/mol. The number of piperidine rings is 2. The molecule has 10 heteroatoms. The van der Waals surface area contributed by atoms with E-state index >= 15 is 4.39 Å². The Morgan fingerprint density at radius 1 is 1.02 bits per heavy atom. The molecule has 226 valence electrons. The van der Waals surface area contributed by atoms with E-state index in [1.165, 1.54) is 12.5 Å². The zero-order valence-electron chi connectivity index (χ0n) is 24.5. The lowest BCUT2D eigenvalue weighted by molar-refractivity contribution is -0.111. The van der Waals surface area contributed by atoms with Gasteiger partial charge in [0.25, 0.3) is 5.91 Å². The number of aromatic nitrogens is 1. The predicted octanol–water partition coefficient (Wildman–Crippen LogP) is 5.44. The molecular weight excluding hydrogens is 550 g/mol. The van der Waals surface area contributed by atoms with Crippen molar-refractivity contribution in [3.8, 4) is 17.0 Å². The largest absolute Gasteiger partial charge is 0.474 e. The Morgan fingerprint density at radius 3 is 2.65 bits per heavy atom. The zero-order valence-corrected chi connectivity index (χ0v) is 24.5. The van der Waals surface area contributed by atoms with Crippen LogP contribution in [-0.4, -0.2) is 66.6 Å². The molecule has 0 spiro atoms. The number of pyridine rings is 1. The van der Waals surface area contributed by atoms with Crippen LogP contribution < -0.4 is 20.9 Å². The first kappa shape index (κ1) is 29.2. The molecule has 6 rings (SSSR count). The van der Waals surface area contributed by atoms with E-state index in [2.05, 4.69) is 38.0 Å². The van der Waals surface area contributed by atoms with Crippen molar-refractivity contribution >= 4 is 22.9 Å². The third kappa shape index (κ3) is 7.04. The molecule has 0 radical (unpaired) electrons. The average Bonchev–Trinajstić information content (AvgIpc) is 3.23. The Kier molecular flexibility index (Phi) is 8.97. The molecule has 2 fully saturated rings. The number of rotatable bonds is 7. The van der Waals surface area contributed by atoms with Gasteiger partial charge in [0.15, 0.2) is 11.6 Å². The molecule has 1 amide bonds. The van der Waals surface area contributed by atoms with Crippen LogP contribution in [0.25, 0.3) is 16.7 Å². The van der Waals surface area contributed by atoms with Crippen molar-refractivity contribution in [2.45, 2.75) is 44.8 Å². The molecule has 3 aliphatic rings. The van der Waals surface area contributed by atoms with Crippen molar-refractivity contribution in [1.82, 2.24) is 20.2 Å². The van der Waals surface area contributed by atoms with E-state index in [-0.39, 0.29) is 17.6 Å². The second-order valence-electron chi connectivity index (χ2n) is 11.6. The molecule has 0 atom stereocenters. The molecule has 3 aliphatic heterocycles. The summed E-state index contributed by atoms with van der Waals surface area (Å²) in [5.74, 6) is -1.63. The standard InChI is InChI=1S/C33H38F2N6O2/c1-40-15-9-25(10-16-40)43-31-20-24(7-11-36-31)38-33(42)26-8-12-37-39-30-6-5-23(19-28(26)30)27-17-22(18-29(34)32(27)35)21-41-13-3-2-4-14-41/h5-8,11,17-20,25,37,39H,2-4,9-10,12-16,21H2,1H3,(H,36,38,42). The number of nitrogens with one attached hydrogen (secondary N) is 3. The lowest BCUT2D eigenvalue weighted by atomic mass is 9.95. The van der Waals surface area contributed by atoms with Crippen LogP contribution in [0, 0.1) is 11.6 Å². The number of halogens is 2. The number of carbonyl (C=O) groups excluding carboxylic acids is 1. The van der Waals surface area contributed by atoms with Gasteiger partial charge in [-0.25, -0.2) is 19.2 Å². The molecule has 4 heterocycles. The summed E-state index contributed by atoms with van der Waals surface area (Å²) in [4.78, 5) is 22.5. The zero-order chi connectivity index (χ0) is 29.8. The van der Waals surface area contributed by atoms with Crippen molar-refractivity contribution in [2.24, 2.45) is 0 Å². The molecule has 3 aromatic rings. The Balaban J connectivity index is 1.23. The van der Waals surface area contributed by atoms with E-state index in [4.69, 9.17) is 4.74 Å². The number of anilines is 2. The van der Waals surface area contributed by atoms with E-state index < -0.39 is 11.6 Å². The second kappa shape index (κ2) is 13.2. The molecule has 43 heavy (non-hydrogen) atoms. The fraction of sp³-hybridized carbons (Fsp3) is 0.394. The van der Waals surface area contributed by atoms with Crippen molar-refractivity contribution in [3.63, 3.8) is 0 Å². The van der Waals surface area contributed by atoms with Gasteiger partial charge in [0, 0.05) is 60.8 Å². The van der Waals surface area contributed by atoms with Crippen molar-refractivity contribution < 1.29 is 18.3 Å². The van der Waals surface area contributed by atoms with Gasteiger partial charge in [-0.05, 0) is 87.3 Å². The first-order valence-corrected chi connectivity index (χ1v) is 15.1. The lowest BCUT2D eigenvalue weighted by Gasteiger charge is -2.28. The quantitative estimate of drug-likeness (QED) is 0.339. The summed E-state index contributed by atoms with van der Waals surface area (Å²) in [6.45, 7) is 4.82. The number of fused-ring (bicyclic) bond motifs is 1. The van der Waals surface area contributed by atoms with Crippen LogP contribution in [-0.2, 0) is 11.3 Å². The maximum Gasteiger partial charge on any atom is 0.256 e. The van der Waals surface area contributed by atoms with Crippen LogP contribution in [0.4, 0.5) is 20.2 Å². The number of likely N-dealkylation sites (tertiary alicyclic amines) is 2. The maximum atomic E-state index is 15.2. The highest BCUT2D eigenvalue weighted by Gasteiger charge is 2.23. The van der Waals surface area contributed by atoms with Gasteiger partial charge in [-0.2, -0.15) is 0 Å². The minimum Gasteiger partial charge on any atom is -0.474 e. The number of hydrazine groups is 1. The number of ether oxygens (including phenoxy) is 1. The van der Waals surface area contributed by atoms with Gasteiger partial charge < -0.3 is 20.4 Å². The van der Waals surface area contributed by atoms with Crippen LogP contribution in [0.3, 0.4) is 0 Å². The molecule has 0 bridgehead atoms. The summed E-state index contributed by atoms with van der Waals surface area (Å²) in [5.41, 5.74) is 9.80. The highest BCUT2D eigenvalue weighted by molar-refractivity contribution is 6.26. The number of hydrogen-bond donors (Lipinski definition) is 3. The third-order valence-electron chi connectivity index (χ3n) is 8.39. The summed E-state index contributed by atoms with van der Waals surface area (Å²) in [6.07, 6.45) is 8.76. The van der Waals surface area contributed by atoms with E-state index in [9.17, 15) is 9.18 Å². The Morgan fingerprint density at radius 2 is 1.84 bits per heavy atom. The molecule has 0 aliphatic carbocycles. The van der Waals surface area contributed by atoms with E-state index in [1.54, 1.807) is 48.7 Å². The number of benzene rings is 2. The van der Waals surface area contributed by atoms with Crippen molar-refractivity contribution in [1.29, 1.82) is 0 Å². The number of hydrogen-bond acceptors (Lipinski definition) is 7. The van der Waals surface area contributed by atoms with E-state index in [1.807, 2.05) is 0 Å². The van der Waals surface area contributed by atoms with Gasteiger partial charge in [0.05, 0.1) is 5.69 Å². The molecule has 0 saturated carbocycles. The summed E-state index contributed by atoms with van der Waals surface area (Å²) in [6, 6.07) is 11.7. The molecule has 2 saturated heterocycles. The number of amides is 1. The van der Waals surface area contributed by atoms with Gasteiger partial charge in [0.2, 0.25) is 5.88 Å². The van der Waals surface area contributed by atoms with Gasteiger partial charge in [-0.15, -0.1) is 0 Å². The Bertz CT molecular complexity index is 1500. The maximum absolute atomic E-state index is 15.2. The van der Waals surface area contributed by atoms with Crippen LogP contribution in [0.1, 0.15) is 43.2 Å². The second-order valence-corrected chi connectivity index (χ2v) is 11.6. The smallest absolute Gasteiger partial charge is 0.256 e. The fourth-order valence-electron chi connectivity index (χ4n) is 6.01. The highest BCUT2D eigenvalue weighted by atomic mass is 19.2. The lowest BCUT2D eigenvalue weighted by Crippen LogP contribution is -2.35. The minimum atomic E-state index is -0.897. The topological polar surface area (TPSA) is 81.8 Å². The SMILES string of the molecule is CN1CCC(Oc2cc(NC(=O)C3=CCNNc4ccc(-c5cc(CN6CCCCC6)cc(F)c5F)cc43)ccn2)CC1.